The lowest BCUT2D eigenvalue weighted by molar-refractivity contribution is -0.128. The van der Waals surface area contributed by atoms with Crippen LogP contribution in [0.3, 0.4) is 0 Å². The van der Waals surface area contributed by atoms with Crippen LogP contribution in [-0.4, -0.2) is 24.9 Å². The highest BCUT2D eigenvalue weighted by atomic mass is 35.5. The van der Waals surface area contributed by atoms with Crippen LogP contribution in [0.4, 0.5) is 0 Å². The zero-order valence-corrected chi connectivity index (χ0v) is 10.6. The van der Waals surface area contributed by atoms with E-state index in [0.717, 1.165) is 0 Å². The molecule has 0 heterocycles. The Kier molecular flexibility index (Phi) is 4.26. The molecule has 1 unspecified atom stereocenters. The summed E-state index contributed by atoms with van der Waals surface area (Å²) in [5.41, 5.74) is 0.643. The molecule has 0 saturated heterocycles. The van der Waals surface area contributed by atoms with Crippen LogP contribution in [0.5, 0.6) is 0 Å². The maximum absolute atomic E-state index is 11.6. The van der Waals surface area contributed by atoms with Crippen LogP contribution in [0, 0.1) is 0 Å². The van der Waals surface area contributed by atoms with E-state index in [1.54, 1.807) is 32.3 Å². The maximum atomic E-state index is 11.6. The third-order valence-corrected chi connectivity index (χ3v) is 3.07. The van der Waals surface area contributed by atoms with Crippen molar-refractivity contribution < 1.29 is 4.79 Å². The number of alkyl halides is 1. The van der Waals surface area contributed by atoms with E-state index in [2.05, 4.69) is 0 Å². The molecule has 82 valence electrons. The van der Waals surface area contributed by atoms with Gasteiger partial charge >= 0.3 is 0 Å². The molecule has 1 atom stereocenters. The Morgan fingerprint density at radius 1 is 1.27 bits per heavy atom. The highest BCUT2D eigenvalue weighted by Crippen LogP contribution is 2.29. The number of hydrogen-bond donors (Lipinski definition) is 0. The summed E-state index contributed by atoms with van der Waals surface area (Å²) < 4.78 is 0. The number of carbonyl (C=O) groups is 1. The first-order valence-electron chi connectivity index (χ1n) is 4.23. The van der Waals surface area contributed by atoms with Gasteiger partial charge in [-0.25, -0.2) is 0 Å². The number of rotatable bonds is 2. The molecule has 0 aliphatic carbocycles. The monoisotopic (exact) mass is 265 g/mol. The molecule has 0 aromatic heterocycles. The van der Waals surface area contributed by atoms with Crippen molar-refractivity contribution in [3.63, 3.8) is 0 Å². The van der Waals surface area contributed by atoms with E-state index in [9.17, 15) is 4.79 Å². The minimum atomic E-state index is -0.727. The van der Waals surface area contributed by atoms with Gasteiger partial charge in [0.25, 0.3) is 0 Å². The average Bonchev–Trinajstić information content (AvgIpc) is 2.19. The second-order valence-electron chi connectivity index (χ2n) is 3.27. The van der Waals surface area contributed by atoms with Gasteiger partial charge in [0, 0.05) is 14.1 Å². The average molecular weight is 267 g/mol. The van der Waals surface area contributed by atoms with Gasteiger partial charge < -0.3 is 4.90 Å². The highest BCUT2D eigenvalue weighted by molar-refractivity contribution is 6.42. The molecule has 0 radical (unpaired) electrons. The topological polar surface area (TPSA) is 20.3 Å². The summed E-state index contributed by atoms with van der Waals surface area (Å²) in [6, 6.07) is 4.91. The van der Waals surface area contributed by atoms with Crippen LogP contribution < -0.4 is 0 Å². The van der Waals surface area contributed by atoms with Crippen molar-refractivity contribution in [2.45, 2.75) is 5.38 Å². The van der Waals surface area contributed by atoms with Crippen molar-refractivity contribution in [3.8, 4) is 0 Å². The smallest absolute Gasteiger partial charge is 0.244 e. The van der Waals surface area contributed by atoms with Gasteiger partial charge in [0.1, 0.15) is 5.38 Å². The first-order valence-corrected chi connectivity index (χ1v) is 5.43. The molecule has 0 spiro atoms. The molecule has 15 heavy (non-hydrogen) atoms. The van der Waals surface area contributed by atoms with E-state index in [1.165, 1.54) is 4.90 Å². The lowest BCUT2D eigenvalue weighted by atomic mass is 10.1. The Morgan fingerprint density at radius 3 is 2.33 bits per heavy atom. The van der Waals surface area contributed by atoms with E-state index < -0.39 is 5.38 Å². The molecule has 1 aromatic carbocycles. The second-order valence-corrected chi connectivity index (χ2v) is 4.52. The molecule has 5 heteroatoms. The molecule has 1 amide bonds. The molecule has 0 N–H and O–H groups in total. The van der Waals surface area contributed by atoms with Gasteiger partial charge in [-0.1, -0.05) is 29.3 Å². The molecular weight excluding hydrogens is 256 g/mol. The van der Waals surface area contributed by atoms with Gasteiger partial charge in [0.15, 0.2) is 0 Å². The van der Waals surface area contributed by atoms with Crippen molar-refractivity contribution in [3.05, 3.63) is 33.8 Å². The maximum Gasteiger partial charge on any atom is 0.244 e. The molecule has 1 rings (SSSR count). The minimum Gasteiger partial charge on any atom is -0.347 e. The second kappa shape index (κ2) is 5.06. The highest BCUT2D eigenvalue weighted by Gasteiger charge is 2.19. The Morgan fingerprint density at radius 2 is 1.87 bits per heavy atom. The van der Waals surface area contributed by atoms with E-state index in [0.29, 0.717) is 15.6 Å². The lowest BCUT2D eigenvalue weighted by Gasteiger charge is -2.15. The number of carbonyl (C=O) groups excluding carboxylic acids is 1. The van der Waals surface area contributed by atoms with Crippen LogP contribution in [-0.2, 0) is 4.79 Å². The predicted octanol–water partition coefficient (Wildman–Crippen LogP) is 3.36. The Bertz CT molecular complexity index is 379. The van der Waals surface area contributed by atoms with Gasteiger partial charge in [0.05, 0.1) is 10.0 Å². The summed E-state index contributed by atoms with van der Waals surface area (Å²) in [5.74, 6) is -0.185. The summed E-state index contributed by atoms with van der Waals surface area (Å²) in [6.45, 7) is 0. The molecule has 2 nitrogen and oxygen atoms in total. The van der Waals surface area contributed by atoms with Gasteiger partial charge in [-0.05, 0) is 17.7 Å². The van der Waals surface area contributed by atoms with Gasteiger partial charge in [0.2, 0.25) is 5.91 Å². The third kappa shape index (κ3) is 3.00. The summed E-state index contributed by atoms with van der Waals surface area (Å²) in [4.78, 5) is 13.0. The summed E-state index contributed by atoms with van der Waals surface area (Å²) in [7, 11) is 3.30. The van der Waals surface area contributed by atoms with Crippen molar-refractivity contribution in [1.29, 1.82) is 0 Å². The van der Waals surface area contributed by atoms with Crippen LogP contribution in [0.1, 0.15) is 10.9 Å². The van der Waals surface area contributed by atoms with E-state index in [-0.39, 0.29) is 5.91 Å². The number of amides is 1. The number of benzene rings is 1. The van der Waals surface area contributed by atoms with Crippen LogP contribution >= 0.6 is 34.8 Å². The molecule has 0 saturated carbocycles. The normalized spacial score (nSPS) is 12.3. The molecule has 0 fully saturated rings. The molecule has 0 aliphatic heterocycles. The fraction of sp³-hybridized carbons (Fsp3) is 0.300. The van der Waals surface area contributed by atoms with Crippen molar-refractivity contribution >= 4 is 40.7 Å². The third-order valence-electron chi connectivity index (χ3n) is 1.89. The van der Waals surface area contributed by atoms with E-state index >= 15 is 0 Å². The number of halogens is 3. The summed E-state index contributed by atoms with van der Waals surface area (Å²) >= 11 is 17.6. The minimum absolute atomic E-state index is 0.185. The van der Waals surface area contributed by atoms with Crippen LogP contribution in [0.15, 0.2) is 18.2 Å². The Balaban J connectivity index is 2.97. The van der Waals surface area contributed by atoms with E-state index in [1.807, 2.05) is 0 Å². The molecule has 1 aromatic rings. The molecular formula is C10H10Cl3NO. The Labute approximate surface area is 104 Å². The van der Waals surface area contributed by atoms with E-state index in [4.69, 9.17) is 34.8 Å². The number of likely N-dealkylation sites (N-methyl/N-ethyl adjacent to an activating group) is 1. The summed E-state index contributed by atoms with van der Waals surface area (Å²) in [6.07, 6.45) is 0. The molecule has 0 bridgehead atoms. The predicted molar refractivity (Wildman–Crippen MR) is 63.8 cm³/mol. The van der Waals surface area contributed by atoms with Gasteiger partial charge in [-0.3, -0.25) is 4.79 Å². The first kappa shape index (κ1) is 12.6. The van der Waals surface area contributed by atoms with Crippen molar-refractivity contribution in [2.24, 2.45) is 0 Å². The fourth-order valence-electron chi connectivity index (χ4n) is 1.04. The number of nitrogens with zero attached hydrogens (tertiary/aromatic N) is 1. The van der Waals surface area contributed by atoms with Gasteiger partial charge in [-0.15, -0.1) is 11.6 Å². The zero-order chi connectivity index (χ0) is 11.6. The van der Waals surface area contributed by atoms with Crippen molar-refractivity contribution in [1.82, 2.24) is 4.90 Å². The largest absolute Gasteiger partial charge is 0.347 e. The summed E-state index contributed by atoms with van der Waals surface area (Å²) in [5, 5.41) is 0.114. The lowest BCUT2D eigenvalue weighted by Crippen LogP contribution is -2.25. The number of hydrogen-bond acceptors (Lipinski definition) is 1. The van der Waals surface area contributed by atoms with Crippen molar-refractivity contribution in [2.75, 3.05) is 14.1 Å². The zero-order valence-electron chi connectivity index (χ0n) is 8.30. The SMILES string of the molecule is CN(C)C(=O)C(Cl)c1ccc(Cl)c(Cl)c1. The van der Waals surface area contributed by atoms with Crippen LogP contribution in [0.2, 0.25) is 10.0 Å². The van der Waals surface area contributed by atoms with Gasteiger partial charge in [-0.2, -0.15) is 0 Å². The first-order chi connectivity index (χ1) is 6.93. The Hall–Kier alpha value is -0.440. The standard InChI is InChI=1S/C10H10Cl3NO/c1-14(2)10(15)9(13)6-3-4-7(11)8(12)5-6/h3-5,9H,1-2H3. The quantitative estimate of drug-likeness (QED) is 0.752. The van der Waals surface area contributed by atoms with Crippen LogP contribution in [0.25, 0.3) is 0 Å². The molecule has 0 aliphatic rings. The fourth-order valence-corrected chi connectivity index (χ4v) is 1.68.